The third-order valence-electron chi connectivity index (χ3n) is 12.6. The molecule has 0 saturated carbocycles. The molecule has 1 fully saturated rings. The normalized spacial score (nSPS) is 20.4. The summed E-state index contributed by atoms with van der Waals surface area (Å²) < 4.78 is 27.4. The zero-order valence-corrected chi connectivity index (χ0v) is 35.8. The summed E-state index contributed by atoms with van der Waals surface area (Å²) in [4.78, 5) is 30.5. The molecule has 0 aliphatic carbocycles. The van der Waals surface area contributed by atoms with E-state index in [2.05, 4.69) is 42.5 Å². The average molecular weight is 826 g/mol. The van der Waals surface area contributed by atoms with E-state index in [9.17, 15) is 9.90 Å². The molecule has 1 spiro atoms. The molecule has 5 atom stereocenters. The molecule has 8 rings (SSSR count). The number of methoxy groups -OCH3 is 3. The maximum absolute atomic E-state index is 15.5. The monoisotopic (exact) mass is 825 g/mol. The van der Waals surface area contributed by atoms with E-state index < -0.39 is 13.7 Å². The Bertz CT molecular complexity index is 2540. The Kier molecular flexibility index (Phi) is 11.2. The summed E-state index contributed by atoms with van der Waals surface area (Å²) in [5, 5.41) is 20.6. The van der Waals surface area contributed by atoms with Crippen LogP contribution in [0.15, 0.2) is 126 Å². The molecule has 2 aliphatic rings. The highest BCUT2D eigenvalue weighted by molar-refractivity contribution is 6.91. The van der Waals surface area contributed by atoms with Crippen molar-refractivity contribution in [2.75, 3.05) is 32.8 Å². The fourth-order valence-corrected chi connectivity index (χ4v) is 13.6. The number of aromatic nitrogens is 4. The van der Waals surface area contributed by atoms with E-state index in [-0.39, 0.29) is 53.8 Å². The lowest BCUT2D eigenvalue weighted by Crippen LogP contribution is -2.51. The molecule has 1 amide bonds. The van der Waals surface area contributed by atoms with Gasteiger partial charge in [-0.2, -0.15) is 0 Å². The maximum atomic E-state index is 15.5. The molecule has 1 N–H and O–H groups in total. The number of carbonyl (C=O) groups excluding carboxylic acids is 1. The molecule has 12 nitrogen and oxygen atoms in total. The largest absolute Gasteiger partial charge is 0.497 e. The number of hydrogen-bond acceptors (Lipinski definition) is 9. The van der Waals surface area contributed by atoms with E-state index in [1.807, 2.05) is 101 Å². The Labute approximate surface area is 350 Å². The molecule has 310 valence electrons. The molecule has 0 radical (unpaired) electrons. The topological polar surface area (TPSA) is 130 Å². The minimum Gasteiger partial charge on any atom is -0.497 e. The average Bonchev–Trinajstić information content (AvgIpc) is 3.93. The van der Waals surface area contributed by atoms with Crippen molar-refractivity contribution in [1.82, 2.24) is 19.6 Å². The van der Waals surface area contributed by atoms with Crippen LogP contribution < -0.4 is 29.9 Å². The number of amides is 1. The molecule has 6 aromatic rings. The van der Waals surface area contributed by atoms with E-state index in [0.717, 1.165) is 28.1 Å². The van der Waals surface area contributed by atoms with Gasteiger partial charge >= 0.3 is 0 Å². The molecule has 2 aliphatic heterocycles. The molecule has 1 saturated heterocycles. The van der Waals surface area contributed by atoms with Gasteiger partial charge in [0.05, 0.1) is 66.0 Å². The van der Waals surface area contributed by atoms with Gasteiger partial charge in [0.15, 0.2) is 11.4 Å². The highest BCUT2D eigenvalue weighted by atomic mass is 28.3. The molecule has 1 unspecified atom stereocenters. The maximum Gasteiger partial charge on any atom is 0.297 e. The van der Waals surface area contributed by atoms with Crippen LogP contribution in [0.1, 0.15) is 41.6 Å². The van der Waals surface area contributed by atoms with Gasteiger partial charge in [0, 0.05) is 36.1 Å². The Morgan fingerprint density at radius 2 is 1.62 bits per heavy atom. The third-order valence-corrected chi connectivity index (χ3v) is 17.0. The SMILES string of the molecule is COc1ccc([Si](C)(C)[C@@H]2[C@@H](CCn3cc(C(CO)c4ccccc4)nn3)O[C@]3(C(=O)N(Cc4cccc(-n5cccc(OC)c5=O)c4)c4ccc(OC)cc43)[C@H]2C)cc1. The number of fused-ring (bicyclic) bond motifs is 2. The first kappa shape index (κ1) is 40.7. The number of pyridine rings is 1. The Balaban J connectivity index is 1.17. The summed E-state index contributed by atoms with van der Waals surface area (Å²) in [6.45, 7) is 7.55. The predicted molar refractivity (Wildman–Crippen MR) is 232 cm³/mol. The van der Waals surface area contributed by atoms with Crippen LogP contribution in [0, 0.1) is 5.92 Å². The Hall–Kier alpha value is -6.02. The van der Waals surface area contributed by atoms with Crippen LogP contribution in [0.3, 0.4) is 0 Å². The summed E-state index contributed by atoms with van der Waals surface area (Å²) in [5.74, 6) is 0.993. The van der Waals surface area contributed by atoms with E-state index in [1.165, 1.54) is 12.3 Å². The second kappa shape index (κ2) is 16.6. The van der Waals surface area contributed by atoms with Gasteiger partial charge in [0.2, 0.25) is 0 Å². The van der Waals surface area contributed by atoms with Crippen molar-refractivity contribution in [3.05, 3.63) is 154 Å². The molecule has 4 heterocycles. The third kappa shape index (κ3) is 7.09. The van der Waals surface area contributed by atoms with Gasteiger partial charge in [-0.1, -0.05) is 85.0 Å². The number of aliphatic hydroxyl groups is 1. The van der Waals surface area contributed by atoms with Gasteiger partial charge in [-0.3, -0.25) is 18.8 Å². The Morgan fingerprint density at radius 3 is 2.33 bits per heavy atom. The highest BCUT2D eigenvalue weighted by Gasteiger charge is 2.66. The van der Waals surface area contributed by atoms with E-state index in [1.54, 1.807) is 37.1 Å². The number of benzene rings is 4. The summed E-state index contributed by atoms with van der Waals surface area (Å²) >= 11 is 0. The number of nitrogens with zero attached hydrogens (tertiary/aromatic N) is 5. The molecule has 0 bridgehead atoms. The first-order valence-corrected chi connectivity index (χ1v) is 23.3. The zero-order chi connectivity index (χ0) is 42.2. The Morgan fingerprint density at radius 1 is 0.867 bits per heavy atom. The van der Waals surface area contributed by atoms with Crippen molar-refractivity contribution in [1.29, 1.82) is 0 Å². The van der Waals surface area contributed by atoms with E-state index >= 15 is 4.79 Å². The second-order valence-corrected chi connectivity index (χ2v) is 20.9. The standard InChI is InChI=1S/C47H51N5O7Si/c1-31-44(60(5,6)37-20-17-35(56-2)18-21-37)42(23-25-50-29-40(48-49-50)38(30-53)33-13-8-7-9-14-33)59-47(31)39-27-36(57-3)19-22-41(39)52(46(47)55)28-32-12-10-15-34(26-32)51-24-11-16-43(58-4)45(51)54/h7-22,24,26-27,29,31,38,42,44,53H,23,25,28,30H2,1-6H3/t31-,38?,42+,44-,47+/m0/s1. The number of carbonyl (C=O) groups is 1. The number of aliphatic hydroxyl groups excluding tert-OH is 1. The summed E-state index contributed by atoms with van der Waals surface area (Å²) in [6.07, 6.45) is 3.86. The van der Waals surface area contributed by atoms with Gasteiger partial charge in [0.25, 0.3) is 11.5 Å². The van der Waals surface area contributed by atoms with Gasteiger partial charge < -0.3 is 29.0 Å². The van der Waals surface area contributed by atoms with Crippen LogP contribution in [-0.2, 0) is 28.2 Å². The van der Waals surface area contributed by atoms with Crippen LogP contribution >= 0.6 is 0 Å². The van der Waals surface area contributed by atoms with Gasteiger partial charge in [-0.15, -0.1) is 5.10 Å². The molecule has 2 aromatic heterocycles. The predicted octanol–water partition coefficient (Wildman–Crippen LogP) is 6.43. The lowest BCUT2D eigenvalue weighted by molar-refractivity contribution is -0.146. The molecule has 13 heteroatoms. The molecular weight excluding hydrogens is 775 g/mol. The second-order valence-electron chi connectivity index (χ2n) is 16.2. The highest BCUT2D eigenvalue weighted by Crippen LogP contribution is 2.60. The quantitative estimate of drug-likeness (QED) is 0.124. The van der Waals surface area contributed by atoms with Crippen LogP contribution in [0.5, 0.6) is 17.2 Å². The summed E-state index contributed by atoms with van der Waals surface area (Å²) in [7, 11) is 2.34. The van der Waals surface area contributed by atoms with Crippen LogP contribution in [0.4, 0.5) is 5.69 Å². The smallest absolute Gasteiger partial charge is 0.297 e. The molecule has 60 heavy (non-hydrogen) atoms. The van der Waals surface area contributed by atoms with Gasteiger partial charge in [-0.25, -0.2) is 0 Å². The number of rotatable bonds is 14. The fraction of sp³-hybridized carbons (Fsp3) is 0.319. The first-order valence-electron chi connectivity index (χ1n) is 20.3. The number of anilines is 1. The van der Waals surface area contributed by atoms with Crippen molar-refractivity contribution in [2.45, 2.75) is 62.7 Å². The minimum absolute atomic E-state index is 0.00499. The summed E-state index contributed by atoms with van der Waals surface area (Å²) in [6, 6.07) is 35.0. The summed E-state index contributed by atoms with van der Waals surface area (Å²) in [5.41, 5.74) is 3.12. The lowest BCUT2D eigenvalue weighted by Gasteiger charge is -2.37. The van der Waals surface area contributed by atoms with Crippen LogP contribution in [0.25, 0.3) is 5.69 Å². The first-order chi connectivity index (χ1) is 29.0. The van der Waals surface area contributed by atoms with Crippen molar-refractivity contribution in [2.24, 2.45) is 5.92 Å². The van der Waals surface area contributed by atoms with Crippen LogP contribution in [-0.4, -0.2) is 72.7 Å². The molecular formula is C47H51N5O7Si. The van der Waals surface area contributed by atoms with Gasteiger partial charge in [0.1, 0.15) is 11.5 Å². The van der Waals surface area contributed by atoms with Gasteiger partial charge in [-0.05, 0) is 77.7 Å². The fourth-order valence-electron chi connectivity index (χ4n) is 9.56. The number of aryl methyl sites for hydroxylation is 1. The van der Waals surface area contributed by atoms with Crippen LogP contribution in [0.2, 0.25) is 18.6 Å². The van der Waals surface area contributed by atoms with Crippen molar-refractivity contribution in [3.63, 3.8) is 0 Å². The van der Waals surface area contributed by atoms with Crippen molar-refractivity contribution >= 4 is 24.9 Å². The molecule has 4 aromatic carbocycles. The van der Waals surface area contributed by atoms with Crippen molar-refractivity contribution < 1.29 is 28.8 Å². The zero-order valence-electron chi connectivity index (χ0n) is 34.8. The van der Waals surface area contributed by atoms with Crippen molar-refractivity contribution in [3.8, 4) is 22.9 Å². The lowest BCUT2D eigenvalue weighted by atomic mass is 9.82. The van der Waals surface area contributed by atoms with E-state index in [0.29, 0.717) is 30.1 Å². The number of ether oxygens (including phenoxy) is 4. The number of hydrogen-bond donors (Lipinski definition) is 1. The van der Waals surface area contributed by atoms with E-state index in [4.69, 9.17) is 18.9 Å². The minimum atomic E-state index is -2.43.